The lowest BCUT2D eigenvalue weighted by Crippen LogP contribution is -2.54. The molecule has 0 saturated carbocycles. The third-order valence-electron chi connectivity index (χ3n) is 7.50. The van der Waals surface area contributed by atoms with Crippen LogP contribution in [0.2, 0.25) is 0 Å². The van der Waals surface area contributed by atoms with Gasteiger partial charge in [-0.3, -0.25) is 14.5 Å². The Kier molecular flexibility index (Phi) is 7.49. The van der Waals surface area contributed by atoms with Crippen LogP contribution in [0.1, 0.15) is 51.4 Å². The van der Waals surface area contributed by atoms with Crippen molar-refractivity contribution >= 4 is 11.6 Å². The third kappa shape index (κ3) is 5.59. The number of aryl methyl sites for hydroxylation is 1. The molecule has 0 unspecified atom stereocenters. The first-order chi connectivity index (χ1) is 18.5. The maximum Gasteiger partial charge on any atom is 0.217 e. The molecular formula is C30H35N7O. The molecule has 4 heterocycles. The van der Waals surface area contributed by atoms with E-state index in [0.29, 0.717) is 6.42 Å². The number of aromatic nitrogens is 5. The molecule has 1 aromatic carbocycles. The minimum Gasteiger partial charge on any atom is -0.371 e. The second kappa shape index (κ2) is 11.1. The minimum absolute atomic E-state index is 0.0587. The Morgan fingerprint density at radius 2 is 1.84 bits per heavy atom. The molecule has 8 nitrogen and oxygen atoms in total. The number of rotatable bonds is 8. The average Bonchev–Trinajstić information content (AvgIpc) is 3.39. The van der Waals surface area contributed by atoms with Gasteiger partial charge in [0.15, 0.2) is 0 Å². The maximum atomic E-state index is 11.7. The van der Waals surface area contributed by atoms with Gasteiger partial charge in [-0.25, -0.2) is 9.97 Å². The zero-order chi connectivity index (χ0) is 26.5. The molecule has 3 aromatic heterocycles. The molecule has 1 N–H and O–H groups in total. The van der Waals surface area contributed by atoms with E-state index in [0.717, 1.165) is 67.2 Å². The van der Waals surface area contributed by atoms with Crippen LogP contribution in [-0.2, 0) is 17.8 Å². The largest absolute Gasteiger partial charge is 0.371 e. The lowest BCUT2D eigenvalue weighted by Gasteiger charge is -2.42. The van der Waals surface area contributed by atoms with Crippen molar-refractivity contribution in [2.75, 3.05) is 18.0 Å². The monoisotopic (exact) mass is 509 g/mol. The molecule has 0 radical (unpaired) electrons. The Bertz CT molecular complexity index is 1370. The highest BCUT2D eigenvalue weighted by atomic mass is 16.1. The van der Waals surface area contributed by atoms with Gasteiger partial charge in [0.05, 0.1) is 5.69 Å². The zero-order valence-corrected chi connectivity index (χ0v) is 22.4. The Balaban J connectivity index is 1.29. The van der Waals surface area contributed by atoms with Gasteiger partial charge in [0, 0.05) is 80.1 Å². The first kappa shape index (κ1) is 25.6. The molecule has 4 aromatic rings. The summed E-state index contributed by atoms with van der Waals surface area (Å²) in [6.07, 6.45) is 11.0. The Morgan fingerprint density at radius 3 is 2.50 bits per heavy atom. The molecular weight excluding hydrogens is 474 g/mol. The molecule has 38 heavy (non-hydrogen) atoms. The van der Waals surface area contributed by atoms with Crippen LogP contribution in [0.4, 0.5) is 5.69 Å². The van der Waals surface area contributed by atoms with Crippen molar-refractivity contribution in [3.63, 3.8) is 0 Å². The summed E-state index contributed by atoms with van der Waals surface area (Å²) >= 11 is 0. The fourth-order valence-corrected chi connectivity index (χ4v) is 5.26. The number of anilines is 1. The first-order valence-corrected chi connectivity index (χ1v) is 13.4. The fraction of sp³-hybridized carbons (Fsp3) is 0.367. The van der Waals surface area contributed by atoms with Crippen LogP contribution in [0.5, 0.6) is 0 Å². The van der Waals surface area contributed by atoms with Gasteiger partial charge in [0.1, 0.15) is 11.5 Å². The highest BCUT2D eigenvalue weighted by Gasteiger charge is 2.33. The van der Waals surface area contributed by atoms with Crippen LogP contribution in [-0.4, -0.2) is 49.3 Å². The minimum atomic E-state index is -0.0743. The van der Waals surface area contributed by atoms with E-state index in [4.69, 9.17) is 10.1 Å². The summed E-state index contributed by atoms with van der Waals surface area (Å²) in [4.78, 5) is 27.8. The van der Waals surface area contributed by atoms with Gasteiger partial charge in [-0.1, -0.05) is 19.1 Å². The molecule has 0 aliphatic carbocycles. The second-order valence-corrected chi connectivity index (χ2v) is 9.99. The quantitative estimate of drug-likeness (QED) is 0.364. The summed E-state index contributed by atoms with van der Waals surface area (Å²) in [6, 6.07) is 14.6. The van der Waals surface area contributed by atoms with E-state index in [1.165, 1.54) is 11.3 Å². The van der Waals surface area contributed by atoms with E-state index >= 15 is 0 Å². The zero-order valence-electron chi connectivity index (χ0n) is 22.4. The summed E-state index contributed by atoms with van der Waals surface area (Å²) in [5.41, 5.74) is 5.99. The van der Waals surface area contributed by atoms with Crippen LogP contribution in [0.3, 0.4) is 0 Å². The van der Waals surface area contributed by atoms with Crippen LogP contribution in [0, 0.1) is 0 Å². The van der Waals surface area contributed by atoms with E-state index in [-0.39, 0.29) is 11.4 Å². The van der Waals surface area contributed by atoms with Crippen molar-refractivity contribution in [2.24, 2.45) is 0 Å². The van der Waals surface area contributed by atoms with Gasteiger partial charge in [-0.05, 0) is 62.1 Å². The molecule has 1 fully saturated rings. The number of benzene rings is 1. The van der Waals surface area contributed by atoms with Gasteiger partial charge >= 0.3 is 0 Å². The number of pyridine rings is 1. The van der Waals surface area contributed by atoms with Gasteiger partial charge in [-0.15, -0.1) is 0 Å². The van der Waals surface area contributed by atoms with E-state index in [1.54, 1.807) is 13.1 Å². The molecule has 0 spiro atoms. The summed E-state index contributed by atoms with van der Waals surface area (Å²) in [5.74, 6) is 0.834. The van der Waals surface area contributed by atoms with Gasteiger partial charge in [0.2, 0.25) is 5.91 Å². The lowest BCUT2D eigenvalue weighted by molar-refractivity contribution is -0.121. The highest BCUT2D eigenvalue weighted by molar-refractivity contribution is 5.78. The molecule has 8 heteroatoms. The van der Waals surface area contributed by atoms with Gasteiger partial charge in [0.25, 0.3) is 0 Å². The summed E-state index contributed by atoms with van der Waals surface area (Å²) < 4.78 is 1.93. The maximum absolute atomic E-state index is 11.7. The van der Waals surface area contributed by atoms with Gasteiger partial charge < -0.3 is 10.2 Å². The number of nitrogens with zero attached hydrogens (tertiary/aromatic N) is 6. The Hall–Kier alpha value is -4.07. The van der Waals surface area contributed by atoms with Crippen LogP contribution in [0.25, 0.3) is 22.5 Å². The van der Waals surface area contributed by atoms with Crippen molar-refractivity contribution in [3.05, 3.63) is 78.6 Å². The molecule has 0 atom stereocenters. The summed E-state index contributed by atoms with van der Waals surface area (Å²) in [6.45, 7) is 8.49. The summed E-state index contributed by atoms with van der Waals surface area (Å²) in [7, 11) is 0. The number of piperidine rings is 1. The number of hydrogen-bond donors (Lipinski definition) is 1. The second-order valence-electron chi connectivity index (χ2n) is 9.99. The summed E-state index contributed by atoms with van der Waals surface area (Å²) in [5, 5.41) is 7.96. The fourth-order valence-electron chi connectivity index (χ4n) is 5.26. The Labute approximate surface area is 224 Å². The van der Waals surface area contributed by atoms with Gasteiger partial charge in [-0.2, -0.15) is 5.10 Å². The van der Waals surface area contributed by atoms with Crippen molar-refractivity contribution in [3.8, 4) is 22.5 Å². The number of nitrogens with one attached hydrogen (secondary N) is 1. The predicted octanol–water partition coefficient (Wildman–Crippen LogP) is 4.90. The standard InChI is InChI=1S/C30H35N7O/c1-4-30(34-22(3)38)13-17-36(18-14-30)25-10-8-23(9-11-25)19-28-32-16-12-27(33-28)26-21-37(5-2)35-29(26)24-7-6-15-31-20-24/h6-12,15-16,20-21H,4-5,13-14,17-19H2,1-3H3,(H,34,38). The van der Waals surface area contributed by atoms with Crippen LogP contribution in [0.15, 0.2) is 67.3 Å². The number of carbonyl (C=O) groups excluding carboxylic acids is 1. The average molecular weight is 510 g/mol. The molecule has 1 aliphatic rings. The van der Waals surface area contributed by atoms with E-state index in [2.05, 4.69) is 58.3 Å². The van der Waals surface area contributed by atoms with Crippen molar-refractivity contribution < 1.29 is 4.79 Å². The number of carbonyl (C=O) groups is 1. The van der Waals surface area contributed by atoms with Crippen molar-refractivity contribution in [1.82, 2.24) is 30.0 Å². The SMILES string of the molecule is CCn1cc(-c2ccnc(Cc3ccc(N4CCC(CC)(NC(C)=O)CC4)cc3)n2)c(-c2cccnc2)n1. The molecule has 1 amide bonds. The predicted molar refractivity (Wildman–Crippen MR) is 150 cm³/mol. The third-order valence-corrected chi connectivity index (χ3v) is 7.50. The van der Waals surface area contributed by atoms with E-state index in [9.17, 15) is 4.79 Å². The molecule has 1 aliphatic heterocycles. The van der Waals surface area contributed by atoms with Crippen LogP contribution >= 0.6 is 0 Å². The number of hydrogen-bond acceptors (Lipinski definition) is 6. The molecule has 5 rings (SSSR count). The molecule has 1 saturated heterocycles. The normalized spacial score (nSPS) is 14.9. The number of amides is 1. The van der Waals surface area contributed by atoms with Crippen molar-refractivity contribution in [2.45, 2.75) is 58.5 Å². The molecule has 0 bridgehead atoms. The van der Waals surface area contributed by atoms with Crippen molar-refractivity contribution in [1.29, 1.82) is 0 Å². The smallest absolute Gasteiger partial charge is 0.217 e. The molecule has 196 valence electrons. The highest BCUT2D eigenvalue weighted by Crippen LogP contribution is 2.31. The van der Waals surface area contributed by atoms with E-state index in [1.807, 2.05) is 41.5 Å². The van der Waals surface area contributed by atoms with Crippen LogP contribution < -0.4 is 10.2 Å². The van der Waals surface area contributed by atoms with E-state index < -0.39 is 0 Å². The Morgan fingerprint density at radius 1 is 1.05 bits per heavy atom. The lowest BCUT2D eigenvalue weighted by atomic mass is 9.84. The topological polar surface area (TPSA) is 88.8 Å². The first-order valence-electron chi connectivity index (χ1n) is 13.4.